The lowest BCUT2D eigenvalue weighted by molar-refractivity contribution is -0.385. The number of pyridine rings is 1. The molecule has 0 saturated carbocycles. The van der Waals surface area contributed by atoms with E-state index in [0.717, 1.165) is 25.6 Å². The molecule has 21 heavy (non-hydrogen) atoms. The maximum Gasteiger partial charge on any atom is 0.272 e. The zero-order valence-electron chi connectivity index (χ0n) is 10.5. The summed E-state index contributed by atoms with van der Waals surface area (Å²) in [6, 6.07) is 7.49. The molecule has 0 aliphatic heterocycles. The summed E-state index contributed by atoms with van der Waals surface area (Å²) in [5.74, 6) is -0.565. The van der Waals surface area contributed by atoms with Crippen molar-refractivity contribution < 1.29 is 9.31 Å². The van der Waals surface area contributed by atoms with Crippen LogP contribution < -0.4 is 0 Å². The summed E-state index contributed by atoms with van der Waals surface area (Å²) in [5.41, 5.74) is 1.99. The molecule has 3 rings (SSSR count). The number of rotatable bonds is 3. The second-order valence-corrected chi connectivity index (χ2v) is 6.88. The molecule has 1 aromatic carbocycles. The van der Waals surface area contributed by atoms with Gasteiger partial charge < -0.3 is 0 Å². The number of benzene rings is 1. The molecule has 4 nitrogen and oxygen atoms in total. The second-order valence-electron chi connectivity index (χ2n) is 4.44. The zero-order valence-corrected chi connectivity index (χ0v) is 12.9. The number of hydrogen-bond donors (Lipinski definition) is 0. The maximum atomic E-state index is 14.0. The van der Waals surface area contributed by atoms with Gasteiger partial charge in [-0.25, -0.2) is 4.39 Å². The number of nitrogens with zero attached hydrogens (tertiary/aromatic N) is 2. The summed E-state index contributed by atoms with van der Waals surface area (Å²) in [7, 11) is 0. The van der Waals surface area contributed by atoms with E-state index in [1.807, 2.05) is 12.1 Å². The van der Waals surface area contributed by atoms with Crippen molar-refractivity contribution in [2.24, 2.45) is 0 Å². The van der Waals surface area contributed by atoms with E-state index in [4.69, 9.17) is 0 Å². The van der Waals surface area contributed by atoms with Crippen LogP contribution in [0.2, 0.25) is 0 Å². The van der Waals surface area contributed by atoms with Crippen LogP contribution in [0.3, 0.4) is 0 Å². The van der Waals surface area contributed by atoms with E-state index in [1.165, 1.54) is 23.5 Å². The maximum absolute atomic E-state index is 14.0. The first-order valence-corrected chi connectivity index (χ1v) is 7.61. The first kappa shape index (κ1) is 14.1. The molecule has 7 heteroatoms. The smallest absolute Gasteiger partial charge is 0.258 e. The Morgan fingerprint density at radius 3 is 2.81 bits per heavy atom. The van der Waals surface area contributed by atoms with Gasteiger partial charge in [-0.15, -0.1) is 11.3 Å². The number of hydrogen-bond acceptors (Lipinski definition) is 4. The Balaban J connectivity index is 2.00. The molecule has 0 unspecified atom stereocenters. The van der Waals surface area contributed by atoms with Crippen LogP contribution >= 0.6 is 27.3 Å². The average Bonchev–Trinajstić information content (AvgIpc) is 2.82. The molecule has 0 bridgehead atoms. The highest BCUT2D eigenvalue weighted by molar-refractivity contribution is 9.11. The summed E-state index contributed by atoms with van der Waals surface area (Å²) < 4.78 is 15.9. The lowest BCUT2D eigenvalue weighted by atomic mass is 10.0. The Hall–Kier alpha value is -1.86. The van der Waals surface area contributed by atoms with Gasteiger partial charge in [0.25, 0.3) is 5.69 Å². The second kappa shape index (κ2) is 5.50. The third-order valence-corrected chi connectivity index (χ3v) is 4.79. The fraction of sp³-hybridized carbons (Fsp3) is 0.0714. The van der Waals surface area contributed by atoms with Crippen molar-refractivity contribution in [1.82, 2.24) is 4.98 Å². The number of aromatic nitrogens is 1. The molecule has 2 heterocycles. The minimum Gasteiger partial charge on any atom is -0.258 e. The van der Waals surface area contributed by atoms with Crippen molar-refractivity contribution in [1.29, 1.82) is 0 Å². The third kappa shape index (κ3) is 2.79. The summed E-state index contributed by atoms with van der Waals surface area (Å²) in [6.45, 7) is 0. The van der Waals surface area contributed by atoms with Crippen LogP contribution in [0.15, 0.2) is 40.3 Å². The van der Waals surface area contributed by atoms with Crippen molar-refractivity contribution in [2.75, 3.05) is 0 Å². The van der Waals surface area contributed by atoms with E-state index < -0.39 is 10.7 Å². The van der Waals surface area contributed by atoms with Crippen LogP contribution in [0.5, 0.6) is 0 Å². The van der Waals surface area contributed by atoms with Crippen LogP contribution in [0, 0.1) is 15.9 Å². The third-order valence-electron chi connectivity index (χ3n) is 3.09. The minimum absolute atomic E-state index is 0.241. The number of fused-ring (bicyclic) bond motifs is 1. The molecule has 0 aliphatic carbocycles. The van der Waals surface area contributed by atoms with Crippen molar-refractivity contribution in [2.45, 2.75) is 6.42 Å². The molecule has 2 aromatic heterocycles. The van der Waals surface area contributed by atoms with E-state index in [2.05, 4.69) is 20.9 Å². The van der Waals surface area contributed by atoms with Crippen molar-refractivity contribution >= 4 is 43.2 Å². The number of nitro benzene ring substituents is 1. The Kier molecular flexibility index (Phi) is 3.69. The summed E-state index contributed by atoms with van der Waals surface area (Å²) in [5, 5.41) is 10.6. The first-order chi connectivity index (χ1) is 10.0. The van der Waals surface area contributed by atoms with Crippen LogP contribution in [-0.4, -0.2) is 9.91 Å². The van der Waals surface area contributed by atoms with Gasteiger partial charge in [0.1, 0.15) is 5.82 Å². The van der Waals surface area contributed by atoms with E-state index >= 15 is 0 Å². The van der Waals surface area contributed by atoms with Gasteiger partial charge in [-0.2, -0.15) is 0 Å². The Labute approximate surface area is 131 Å². The Morgan fingerprint density at radius 1 is 1.29 bits per heavy atom. The highest BCUT2D eigenvalue weighted by Gasteiger charge is 2.13. The quantitative estimate of drug-likeness (QED) is 0.498. The van der Waals surface area contributed by atoms with Crippen LogP contribution in [-0.2, 0) is 6.42 Å². The van der Waals surface area contributed by atoms with Crippen LogP contribution in [0.25, 0.3) is 10.2 Å². The highest BCUT2D eigenvalue weighted by Crippen LogP contribution is 2.32. The van der Waals surface area contributed by atoms with E-state index in [1.54, 1.807) is 6.20 Å². The monoisotopic (exact) mass is 366 g/mol. The lowest BCUT2D eigenvalue weighted by Gasteiger charge is -2.04. The molecule has 106 valence electrons. The molecule has 0 radical (unpaired) electrons. The molecule has 0 aliphatic rings. The van der Waals surface area contributed by atoms with Gasteiger partial charge in [0.15, 0.2) is 0 Å². The fourth-order valence-electron chi connectivity index (χ4n) is 2.10. The van der Waals surface area contributed by atoms with Crippen molar-refractivity contribution in [3.05, 3.63) is 67.4 Å². The molecule has 0 spiro atoms. The molecule has 0 atom stereocenters. The van der Waals surface area contributed by atoms with Gasteiger partial charge in [0.05, 0.1) is 25.0 Å². The Morgan fingerprint density at radius 2 is 2.10 bits per heavy atom. The van der Waals surface area contributed by atoms with Crippen LogP contribution in [0.1, 0.15) is 11.1 Å². The topological polar surface area (TPSA) is 56.0 Å². The zero-order chi connectivity index (χ0) is 15.0. The largest absolute Gasteiger partial charge is 0.272 e. The molecule has 0 N–H and O–H groups in total. The summed E-state index contributed by atoms with van der Waals surface area (Å²) in [4.78, 5) is 14.3. The fourth-order valence-corrected chi connectivity index (χ4v) is 3.65. The molecule has 0 saturated heterocycles. The predicted molar refractivity (Wildman–Crippen MR) is 83.2 cm³/mol. The average molecular weight is 367 g/mol. The number of halogens is 2. The van der Waals surface area contributed by atoms with Crippen molar-refractivity contribution in [3.8, 4) is 0 Å². The molecular formula is C14H8BrFN2O2S. The van der Waals surface area contributed by atoms with E-state index in [-0.39, 0.29) is 5.69 Å². The van der Waals surface area contributed by atoms with Crippen molar-refractivity contribution in [3.63, 3.8) is 0 Å². The highest BCUT2D eigenvalue weighted by atomic mass is 79.9. The summed E-state index contributed by atoms with van der Waals surface area (Å²) >= 11 is 4.95. The van der Waals surface area contributed by atoms with Crippen LogP contribution in [0.4, 0.5) is 10.1 Å². The van der Waals surface area contributed by atoms with E-state index in [0.29, 0.717) is 12.0 Å². The minimum atomic E-state index is -0.603. The molecular weight excluding hydrogens is 359 g/mol. The van der Waals surface area contributed by atoms with E-state index in [9.17, 15) is 14.5 Å². The molecule has 0 amide bonds. The molecule has 0 fully saturated rings. The molecule has 3 aromatic rings. The van der Waals surface area contributed by atoms with Gasteiger partial charge in [0, 0.05) is 18.7 Å². The van der Waals surface area contributed by atoms with Gasteiger partial charge in [-0.1, -0.05) is 0 Å². The van der Waals surface area contributed by atoms with Gasteiger partial charge in [0.2, 0.25) is 0 Å². The number of nitro groups is 1. The normalized spacial score (nSPS) is 11.0. The Bertz CT molecular complexity index is 850. The number of thiophene rings is 1. The lowest BCUT2D eigenvalue weighted by Crippen LogP contribution is -1.96. The number of non-ortho nitro benzene ring substituents is 1. The standard InChI is InChI=1S/C14H8BrFN2O2S/c15-13-7-12-14(21-13)9(3-4-17-12)5-8-1-2-10(18(19)20)6-11(8)16/h1-4,6-7H,5H2. The SMILES string of the molecule is O=[N+]([O-])c1ccc(Cc2ccnc3cc(Br)sc23)c(F)c1. The van der Waals surface area contributed by atoms with Gasteiger partial charge in [-0.3, -0.25) is 15.1 Å². The van der Waals surface area contributed by atoms with Gasteiger partial charge >= 0.3 is 0 Å². The van der Waals surface area contributed by atoms with Gasteiger partial charge in [-0.05, 0) is 45.3 Å². The predicted octanol–water partition coefficient (Wildman–Crippen LogP) is 4.70. The summed E-state index contributed by atoms with van der Waals surface area (Å²) in [6.07, 6.45) is 2.05. The first-order valence-electron chi connectivity index (χ1n) is 6.00.